The number of hydrogen-bond acceptors (Lipinski definition) is 2. The van der Waals surface area contributed by atoms with Gasteiger partial charge < -0.3 is 9.80 Å². The Labute approximate surface area is 154 Å². The number of rotatable bonds is 2. The van der Waals surface area contributed by atoms with Gasteiger partial charge in [0.25, 0.3) is 5.91 Å². The lowest BCUT2D eigenvalue weighted by Gasteiger charge is -2.39. The highest BCUT2D eigenvalue weighted by Crippen LogP contribution is 2.26. The maximum absolute atomic E-state index is 13.1. The molecule has 0 N–H and O–H groups in total. The van der Waals surface area contributed by atoms with Crippen molar-refractivity contribution >= 4 is 40.7 Å². The summed E-state index contributed by atoms with van der Waals surface area (Å²) in [7, 11) is 0. The first-order valence-electron chi connectivity index (χ1n) is 7.71. The molecule has 25 heavy (non-hydrogen) atoms. The molecule has 1 heterocycles. The molecular weight excluding hydrogens is 366 g/mol. The van der Waals surface area contributed by atoms with E-state index in [-0.39, 0.29) is 22.7 Å². The normalized spacial score (nSPS) is 17.8. The lowest BCUT2D eigenvalue weighted by atomic mass is 10.1. The Balaban J connectivity index is 1.81. The first-order valence-corrected chi connectivity index (χ1v) is 8.47. The summed E-state index contributed by atoms with van der Waals surface area (Å²) in [6, 6.07) is 9.69. The van der Waals surface area contributed by atoms with E-state index in [1.165, 1.54) is 23.1 Å². The highest BCUT2D eigenvalue weighted by Gasteiger charge is 2.35. The molecule has 0 bridgehead atoms. The fraction of sp³-hybridized carbons (Fsp3) is 0.222. The third-order valence-electron chi connectivity index (χ3n) is 4.22. The molecule has 0 saturated carbocycles. The second-order valence-corrected chi connectivity index (χ2v) is 6.61. The van der Waals surface area contributed by atoms with Crippen molar-refractivity contribution in [2.45, 2.75) is 13.0 Å². The summed E-state index contributed by atoms with van der Waals surface area (Å²) in [5.41, 5.74) is 0.913. The zero-order valence-electron chi connectivity index (χ0n) is 13.4. The quantitative estimate of drug-likeness (QED) is 0.789. The van der Waals surface area contributed by atoms with Crippen molar-refractivity contribution in [1.82, 2.24) is 4.90 Å². The van der Waals surface area contributed by atoms with Gasteiger partial charge in [-0.05, 0) is 49.4 Å². The van der Waals surface area contributed by atoms with Crippen molar-refractivity contribution in [2.75, 3.05) is 18.0 Å². The van der Waals surface area contributed by atoms with Crippen molar-refractivity contribution in [3.8, 4) is 0 Å². The van der Waals surface area contributed by atoms with E-state index in [2.05, 4.69) is 0 Å². The summed E-state index contributed by atoms with van der Waals surface area (Å²) in [6.07, 6.45) is 0. The lowest BCUT2D eigenvalue weighted by molar-refractivity contribution is -0.124. The predicted molar refractivity (Wildman–Crippen MR) is 95.7 cm³/mol. The molecule has 7 heteroatoms. The Bertz CT molecular complexity index is 826. The molecule has 1 saturated heterocycles. The molecule has 1 fully saturated rings. The summed E-state index contributed by atoms with van der Waals surface area (Å²) in [5, 5.41) is 0.685. The summed E-state index contributed by atoms with van der Waals surface area (Å²) in [6.45, 7) is 2.34. The van der Waals surface area contributed by atoms with Crippen molar-refractivity contribution in [2.24, 2.45) is 0 Å². The standard InChI is InChI=1S/C18H15Cl2FN2O2/c1-11-17(24)23(14-5-3-13(21)4-6-14)9-8-22(11)18(25)15-7-2-12(19)10-16(15)20/h2-7,10-11H,8-9H2,1H3/t11-/m1/s1. The maximum Gasteiger partial charge on any atom is 0.256 e. The molecule has 1 aliphatic heterocycles. The van der Waals surface area contributed by atoms with E-state index in [1.807, 2.05) is 0 Å². The number of carbonyl (C=O) groups is 2. The molecule has 0 radical (unpaired) electrons. The number of halogens is 3. The van der Waals surface area contributed by atoms with Crippen LogP contribution >= 0.6 is 23.2 Å². The molecule has 2 aromatic carbocycles. The third-order valence-corrected chi connectivity index (χ3v) is 4.76. The van der Waals surface area contributed by atoms with Crippen molar-refractivity contribution in [1.29, 1.82) is 0 Å². The highest BCUT2D eigenvalue weighted by molar-refractivity contribution is 6.36. The number of piperazine rings is 1. The molecule has 130 valence electrons. The second kappa shape index (κ2) is 7.02. The van der Waals surface area contributed by atoms with Gasteiger partial charge in [-0.25, -0.2) is 4.39 Å². The first-order chi connectivity index (χ1) is 11.9. The van der Waals surface area contributed by atoms with Gasteiger partial charge in [-0.3, -0.25) is 9.59 Å². The highest BCUT2D eigenvalue weighted by atomic mass is 35.5. The number of carbonyl (C=O) groups excluding carboxylic acids is 2. The molecule has 0 spiro atoms. The Hall–Kier alpha value is -2.11. The van der Waals surface area contributed by atoms with E-state index in [4.69, 9.17) is 23.2 Å². The van der Waals surface area contributed by atoms with Gasteiger partial charge in [0.05, 0.1) is 10.6 Å². The minimum atomic E-state index is -0.655. The van der Waals surface area contributed by atoms with Crippen LogP contribution in [0.3, 0.4) is 0 Å². The summed E-state index contributed by atoms with van der Waals surface area (Å²) in [4.78, 5) is 28.5. The number of nitrogens with zero attached hydrogens (tertiary/aromatic N) is 2. The van der Waals surface area contributed by atoms with E-state index < -0.39 is 6.04 Å². The van der Waals surface area contributed by atoms with Crippen LogP contribution in [0.4, 0.5) is 10.1 Å². The predicted octanol–water partition coefficient (Wildman–Crippen LogP) is 4.01. The van der Waals surface area contributed by atoms with Gasteiger partial charge in [0, 0.05) is 23.8 Å². The second-order valence-electron chi connectivity index (χ2n) is 5.76. The maximum atomic E-state index is 13.1. The van der Waals surface area contributed by atoms with Crippen LogP contribution in [0.25, 0.3) is 0 Å². The van der Waals surface area contributed by atoms with Crippen LogP contribution in [0, 0.1) is 5.82 Å². The molecule has 1 aliphatic rings. The molecule has 2 aromatic rings. The smallest absolute Gasteiger partial charge is 0.256 e. The van der Waals surface area contributed by atoms with Crippen molar-refractivity contribution in [3.63, 3.8) is 0 Å². The molecule has 3 rings (SSSR count). The Morgan fingerprint density at radius 1 is 1.12 bits per heavy atom. The number of anilines is 1. The number of hydrogen-bond donors (Lipinski definition) is 0. The van der Waals surface area contributed by atoms with Crippen LogP contribution in [-0.4, -0.2) is 35.8 Å². The summed E-state index contributed by atoms with van der Waals surface area (Å²) < 4.78 is 13.1. The van der Waals surface area contributed by atoms with Gasteiger partial charge in [-0.15, -0.1) is 0 Å². The van der Waals surface area contributed by atoms with Crippen molar-refractivity contribution < 1.29 is 14.0 Å². The van der Waals surface area contributed by atoms with E-state index in [0.29, 0.717) is 29.4 Å². The Kier molecular flexibility index (Phi) is 4.97. The molecule has 2 amide bonds. The van der Waals surface area contributed by atoms with Crippen LogP contribution in [0.2, 0.25) is 10.0 Å². The van der Waals surface area contributed by atoms with Gasteiger partial charge in [-0.1, -0.05) is 23.2 Å². The topological polar surface area (TPSA) is 40.6 Å². The monoisotopic (exact) mass is 380 g/mol. The van der Waals surface area contributed by atoms with Gasteiger partial charge in [0.15, 0.2) is 0 Å². The van der Waals surface area contributed by atoms with Crippen LogP contribution in [0.5, 0.6) is 0 Å². The van der Waals surface area contributed by atoms with E-state index in [0.717, 1.165) is 0 Å². The average molecular weight is 381 g/mol. The summed E-state index contributed by atoms with van der Waals surface area (Å²) in [5.74, 6) is -0.909. The van der Waals surface area contributed by atoms with Crippen LogP contribution < -0.4 is 4.90 Å². The molecular formula is C18H15Cl2FN2O2. The fourth-order valence-corrected chi connectivity index (χ4v) is 3.33. The van der Waals surface area contributed by atoms with Crippen LogP contribution in [-0.2, 0) is 4.79 Å². The Morgan fingerprint density at radius 2 is 1.80 bits per heavy atom. The zero-order chi connectivity index (χ0) is 18.1. The lowest BCUT2D eigenvalue weighted by Crippen LogP contribution is -2.57. The van der Waals surface area contributed by atoms with Crippen LogP contribution in [0.1, 0.15) is 17.3 Å². The first kappa shape index (κ1) is 17.7. The minimum absolute atomic E-state index is 0.226. The average Bonchev–Trinajstić information content (AvgIpc) is 2.58. The molecule has 1 atom stereocenters. The zero-order valence-corrected chi connectivity index (χ0v) is 14.9. The third kappa shape index (κ3) is 3.48. The molecule has 4 nitrogen and oxygen atoms in total. The summed E-state index contributed by atoms with van der Waals surface area (Å²) >= 11 is 12.0. The van der Waals surface area contributed by atoms with E-state index in [1.54, 1.807) is 36.1 Å². The van der Waals surface area contributed by atoms with Crippen LogP contribution in [0.15, 0.2) is 42.5 Å². The van der Waals surface area contributed by atoms with Gasteiger partial charge >= 0.3 is 0 Å². The Morgan fingerprint density at radius 3 is 2.44 bits per heavy atom. The fourth-order valence-electron chi connectivity index (χ4n) is 2.84. The van der Waals surface area contributed by atoms with Crippen molar-refractivity contribution in [3.05, 3.63) is 63.9 Å². The molecule has 0 unspecified atom stereocenters. The number of amides is 2. The molecule has 0 aliphatic carbocycles. The SMILES string of the molecule is C[C@@H]1C(=O)N(c2ccc(F)cc2)CCN1C(=O)c1ccc(Cl)cc1Cl. The van der Waals surface area contributed by atoms with Gasteiger partial charge in [0.1, 0.15) is 11.9 Å². The van der Waals surface area contributed by atoms with E-state index >= 15 is 0 Å². The number of benzene rings is 2. The minimum Gasteiger partial charge on any atom is -0.325 e. The van der Waals surface area contributed by atoms with Gasteiger partial charge in [0.2, 0.25) is 5.91 Å². The largest absolute Gasteiger partial charge is 0.325 e. The van der Waals surface area contributed by atoms with E-state index in [9.17, 15) is 14.0 Å². The van der Waals surface area contributed by atoms with Gasteiger partial charge in [-0.2, -0.15) is 0 Å². The molecule has 0 aromatic heterocycles.